The lowest BCUT2D eigenvalue weighted by atomic mass is 10.2. The molecule has 2 amide bonds. The van der Waals surface area contributed by atoms with E-state index in [1.165, 1.54) is 6.92 Å². The minimum Gasteiger partial charge on any atom is -0.494 e. The fourth-order valence-electron chi connectivity index (χ4n) is 2.10. The Hall–Kier alpha value is -3.02. The lowest BCUT2D eigenvalue weighted by Crippen LogP contribution is -2.21. The van der Waals surface area contributed by atoms with Crippen LogP contribution < -0.4 is 20.7 Å². The third-order valence-electron chi connectivity index (χ3n) is 3.09. The van der Waals surface area contributed by atoms with Gasteiger partial charge in [-0.05, 0) is 49.4 Å². The SMILES string of the molecule is CCOc1ccc(NCC(=O)Nc2cccc(NC(C)=O)c2)cc1. The molecule has 6 heteroatoms. The second-order valence-electron chi connectivity index (χ2n) is 5.12. The summed E-state index contributed by atoms with van der Waals surface area (Å²) in [5.41, 5.74) is 2.10. The molecule has 0 bridgehead atoms. The van der Waals surface area contributed by atoms with E-state index in [4.69, 9.17) is 4.74 Å². The summed E-state index contributed by atoms with van der Waals surface area (Å²) in [6, 6.07) is 14.4. The number of carbonyl (C=O) groups excluding carboxylic acids is 2. The normalized spacial score (nSPS) is 9.92. The summed E-state index contributed by atoms with van der Waals surface area (Å²) in [4.78, 5) is 23.1. The standard InChI is InChI=1S/C18H21N3O3/c1-3-24-17-9-7-14(8-10-17)19-12-18(23)21-16-6-4-5-15(11-16)20-13(2)22/h4-11,19H,3,12H2,1-2H3,(H,20,22)(H,21,23). The van der Waals surface area contributed by atoms with Gasteiger partial charge in [0.05, 0.1) is 13.2 Å². The number of nitrogens with one attached hydrogen (secondary N) is 3. The predicted octanol–water partition coefficient (Wildman–Crippen LogP) is 3.09. The van der Waals surface area contributed by atoms with E-state index in [0.717, 1.165) is 11.4 Å². The molecule has 0 aliphatic rings. The zero-order valence-electron chi connectivity index (χ0n) is 13.8. The number of carbonyl (C=O) groups is 2. The summed E-state index contributed by atoms with van der Waals surface area (Å²) in [5, 5.41) is 8.50. The van der Waals surface area contributed by atoms with E-state index in [1.54, 1.807) is 24.3 Å². The average Bonchev–Trinajstić information content (AvgIpc) is 2.54. The van der Waals surface area contributed by atoms with Crippen LogP contribution in [0.5, 0.6) is 5.75 Å². The van der Waals surface area contributed by atoms with Crippen LogP contribution in [0, 0.1) is 0 Å². The van der Waals surface area contributed by atoms with Crippen molar-refractivity contribution in [1.29, 1.82) is 0 Å². The minimum absolute atomic E-state index is 0.137. The Bertz CT molecular complexity index is 699. The van der Waals surface area contributed by atoms with Crippen molar-refractivity contribution in [3.63, 3.8) is 0 Å². The maximum atomic E-state index is 12.0. The zero-order chi connectivity index (χ0) is 17.4. The summed E-state index contributed by atoms with van der Waals surface area (Å²) < 4.78 is 5.37. The van der Waals surface area contributed by atoms with Crippen molar-refractivity contribution in [3.8, 4) is 5.75 Å². The highest BCUT2D eigenvalue weighted by Crippen LogP contribution is 2.16. The monoisotopic (exact) mass is 327 g/mol. The van der Waals surface area contributed by atoms with E-state index in [9.17, 15) is 9.59 Å². The first kappa shape index (κ1) is 17.3. The molecule has 2 rings (SSSR count). The van der Waals surface area contributed by atoms with Crippen molar-refractivity contribution in [2.75, 3.05) is 29.1 Å². The van der Waals surface area contributed by atoms with Gasteiger partial charge >= 0.3 is 0 Å². The molecule has 2 aromatic carbocycles. The summed E-state index contributed by atoms with van der Waals surface area (Å²) in [7, 11) is 0. The van der Waals surface area contributed by atoms with E-state index >= 15 is 0 Å². The van der Waals surface area contributed by atoms with Crippen molar-refractivity contribution in [3.05, 3.63) is 48.5 Å². The fraction of sp³-hybridized carbons (Fsp3) is 0.222. The smallest absolute Gasteiger partial charge is 0.243 e. The van der Waals surface area contributed by atoms with Crippen LogP contribution in [0.3, 0.4) is 0 Å². The maximum Gasteiger partial charge on any atom is 0.243 e. The van der Waals surface area contributed by atoms with Gasteiger partial charge in [-0.3, -0.25) is 9.59 Å². The van der Waals surface area contributed by atoms with E-state index < -0.39 is 0 Å². The molecule has 0 aliphatic carbocycles. The van der Waals surface area contributed by atoms with Crippen LogP contribution in [-0.2, 0) is 9.59 Å². The quantitative estimate of drug-likeness (QED) is 0.730. The van der Waals surface area contributed by atoms with Crippen molar-refractivity contribution >= 4 is 28.9 Å². The van der Waals surface area contributed by atoms with Crippen LogP contribution >= 0.6 is 0 Å². The highest BCUT2D eigenvalue weighted by Gasteiger charge is 2.04. The summed E-state index contributed by atoms with van der Waals surface area (Å²) >= 11 is 0. The number of ether oxygens (including phenoxy) is 1. The Balaban J connectivity index is 1.85. The van der Waals surface area contributed by atoms with Crippen LogP contribution in [0.15, 0.2) is 48.5 Å². The first-order valence-corrected chi connectivity index (χ1v) is 7.71. The molecule has 0 aromatic heterocycles. The van der Waals surface area contributed by atoms with Gasteiger partial charge in [0, 0.05) is 24.0 Å². The topological polar surface area (TPSA) is 79.5 Å². The van der Waals surface area contributed by atoms with Gasteiger partial charge in [-0.2, -0.15) is 0 Å². The van der Waals surface area contributed by atoms with Crippen LogP contribution in [0.4, 0.5) is 17.1 Å². The third kappa shape index (κ3) is 5.64. The molecule has 0 aliphatic heterocycles. The number of hydrogen-bond donors (Lipinski definition) is 3. The van der Waals surface area contributed by atoms with E-state index in [-0.39, 0.29) is 18.4 Å². The first-order chi connectivity index (χ1) is 11.6. The number of anilines is 3. The van der Waals surface area contributed by atoms with Gasteiger partial charge in [0.1, 0.15) is 5.75 Å². The maximum absolute atomic E-state index is 12.0. The van der Waals surface area contributed by atoms with Gasteiger partial charge in [0.15, 0.2) is 0 Å². The largest absolute Gasteiger partial charge is 0.494 e. The molecular formula is C18H21N3O3. The Kier molecular flexibility index (Phi) is 6.19. The molecule has 2 aromatic rings. The minimum atomic E-state index is -0.177. The van der Waals surface area contributed by atoms with E-state index in [2.05, 4.69) is 16.0 Å². The Morgan fingerprint density at radius 3 is 2.25 bits per heavy atom. The number of amides is 2. The van der Waals surface area contributed by atoms with Crippen molar-refractivity contribution in [2.24, 2.45) is 0 Å². The molecular weight excluding hydrogens is 306 g/mol. The van der Waals surface area contributed by atoms with Crippen molar-refractivity contribution in [2.45, 2.75) is 13.8 Å². The van der Waals surface area contributed by atoms with E-state index in [0.29, 0.717) is 18.0 Å². The second-order valence-corrected chi connectivity index (χ2v) is 5.12. The molecule has 0 unspecified atom stereocenters. The Labute approximate surface area is 141 Å². The average molecular weight is 327 g/mol. The molecule has 24 heavy (non-hydrogen) atoms. The molecule has 0 heterocycles. The third-order valence-corrected chi connectivity index (χ3v) is 3.09. The van der Waals surface area contributed by atoms with Crippen molar-refractivity contribution < 1.29 is 14.3 Å². The Morgan fingerprint density at radius 2 is 1.62 bits per heavy atom. The molecule has 0 radical (unpaired) electrons. The summed E-state index contributed by atoms with van der Waals surface area (Å²) in [5.74, 6) is 0.460. The predicted molar refractivity (Wildman–Crippen MR) is 95.5 cm³/mol. The molecule has 0 spiro atoms. The highest BCUT2D eigenvalue weighted by atomic mass is 16.5. The summed E-state index contributed by atoms with van der Waals surface area (Å²) in [6.45, 7) is 4.12. The van der Waals surface area contributed by atoms with Gasteiger partial charge in [-0.25, -0.2) is 0 Å². The van der Waals surface area contributed by atoms with Gasteiger partial charge < -0.3 is 20.7 Å². The first-order valence-electron chi connectivity index (χ1n) is 7.71. The lowest BCUT2D eigenvalue weighted by Gasteiger charge is -2.10. The molecule has 0 saturated carbocycles. The number of hydrogen-bond acceptors (Lipinski definition) is 4. The van der Waals surface area contributed by atoms with Gasteiger partial charge in [-0.15, -0.1) is 0 Å². The van der Waals surface area contributed by atoms with Crippen LogP contribution in [0.2, 0.25) is 0 Å². The molecule has 6 nitrogen and oxygen atoms in total. The number of benzene rings is 2. The molecule has 0 fully saturated rings. The lowest BCUT2D eigenvalue weighted by molar-refractivity contribution is -0.115. The highest BCUT2D eigenvalue weighted by molar-refractivity contribution is 5.95. The van der Waals surface area contributed by atoms with Crippen LogP contribution in [0.25, 0.3) is 0 Å². The molecule has 126 valence electrons. The molecule has 0 atom stereocenters. The zero-order valence-corrected chi connectivity index (χ0v) is 13.8. The fourth-order valence-corrected chi connectivity index (χ4v) is 2.10. The summed E-state index contributed by atoms with van der Waals surface area (Å²) in [6.07, 6.45) is 0. The van der Waals surface area contributed by atoms with Gasteiger partial charge in [0.2, 0.25) is 11.8 Å². The molecule has 0 saturated heterocycles. The second kappa shape index (κ2) is 8.57. The van der Waals surface area contributed by atoms with Gasteiger partial charge in [-0.1, -0.05) is 6.07 Å². The number of rotatable bonds is 7. The Morgan fingerprint density at radius 1 is 0.958 bits per heavy atom. The molecule has 3 N–H and O–H groups in total. The van der Waals surface area contributed by atoms with Crippen LogP contribution in [0.1, 0.15) is 13.8 Å². The van der Waals surface area contributed by atoms with E-state index in [1.807, 2.05) is 31.2 Å². The van der Waals surface area contributed by atoms with Crippen molar-refractivity contribution in [1.82, 2.24) is 0 Å². The van der Waals surface area contributed by atoms with Gasteiger partial charge in [0.25, 0.3) is 0 Å². The van der Waals surface area contributed by atoms with Crippen LogP contribution in [-0.4, -0.2) is 25.0 Å².